The predicted octanol–water partition coefficient (Wildman–Crippen LogP) is 9.77. The van der Waals surface area contributed by atoms with Gasteiger partial charge in [0.1, 0.15) is 0 Å². The van der Waals surface area contributed by atoms with Crippen LogP contribution >= 0.6 is 0 Å². The van der Waals surface area contributed by atoms with E-state index in [1.807, 2.05) is 0 Å². The highest BCUT2D eigenvalue weighted by molar-refractivity contribution is 4.81. The van der Waals surface area contributed by atoms with Crippen molar-refractivity contribution >= 4 is 0 Å². The van der Waals surface area contributed by atoms with Crippen molar-refractivity contribution in [1.82, 2.24) is 0 Å². The first-order valence-corrected chi connectivity index (χ1v) is 12.1. The van der Waals surface area contributed by atoms with Crippen molar-refractivity contribution in [3.05, 3.63) is 12.2 Å². The maximum Gasteiger partial charge on any atom is -0.0351 e. The highest BCUT2D eigenvalue weighted by atomic mass is 14.0. The lowest BCUT2D eigenvalue weighted by molar-refractivity contribution is 0.527. The second kappa shape index (κ2) is 23.7. The van der Waals surface area contributed by atoms with Crippen molar-refractivity contribution < 1.29 is 0 Å². The Kier molecular flexibility index (Phi) is 23.5. The van der Waals surface area contributed by atoms with Gasteiger partial charge >= 0.3 is 0 Å². The molecule has 0 aromatic rings. The molecule has 0 aliphatic carbocycles. The van der Waals surface area contributed by atoms with E-state index in [2.05, 4.69) is 26.0 Å². The fourth-order valence-corrected chi connectivity index (χ4v) is 3.54. The molecule has 150 valence electrons. The van der Waals surface area contributed by atoms with Crippen LogP contribution in [-0.4, -0.2) is 0 Å². The molecule has 0 unspecified atom stereocenters. The van der Waals surface area contributed by atoms with Crippen molar-refractivity contribution in [1.29, 1.82) is 0 Å². The lowest BCUT2D eigenvalue weighted by Gasteiger charge is -2.03. The highest BCUT2D eigenvalue weighted by Crippen LogP contribution is 2.14. The Bertz CT molecular complexity index is 240. The van der Waals surface area contributed by atoms with Gasteiger partial charge in [0.15, 0.2) is 0 Å². The molecule has 0 heterocycles. The summed E-state index contributed by atoms with van der Waals surface area (Å²) >= 11 is 0. The summed E-state index contributed by atoms with van der Waals surface area (Å²) in [6.07, 6.45) is 34.9. The topological polar surface area (TPSA) is 0 Å². The highest BCUT2D eigenvalue weighted by Gasteiger charge is 1.94. The summed E-state index contributed by atoms with van der Waals surface area (Å²) in [7, 11) is 0. The molecule has 0 saturated carbocycles. The van der Waals surface area contributed by atoms with Gasteiger partial charge in [-0.15, -0.1) is 0 Å². The summed E-state index contributed by atoms with van der Waals surface area (Å²) in [5.74, 6) is 0. The van der Waals surface area contributed by atoms with Crippen LogP contribution in [0.2, 0.25) is 0 Å². The molecule has 0 aliphatic rings. The van der Waals surface area contributed by atoms with Crippen molar-refractivity contribution in [2.24, 2.45) is 0 Å². The average molecular weight is 351 g/mol. The van der Waals surface area contributed by atoms with E-state index in [0.29, 0.717) is 0 Å². The minimum absolute atomic E-state index is 1.29. The van der Waals surface area contributed by atoms with E-state index in [9.17, 15) is 0 Å². The zero-order chi connectivity index (χ0) is 18.3. The van der Waals surface area contributed by atoms with E-state index in [4.69, 9.17) is 0 Å². The Labute approximate surface area is 161 Å². The normalized spacial score (nSPS) is 11.6. The van der Waals surface area contributed by atoms with Gasteiger partial charge in [0.05, 0.1) is 0 Å². The Hall–Kier alpha value is -0.260. The molecule has 0 aliphatic heterocycles. The molecule has 0 heteroatoms. The minimum Gasteiger partial charge on any atom is -0.0885 e. The van der Waals surface area contributed by atoms with E-state index < -0.39 is 0 Å². The average Bonchev–Trinajstić information content (AvgIpc) is 2.63. The molecule has 0 atom stereocenters. The van der Waals surface area contributed by atoms with Gasteiger partial charge in [-0.2, -0.15) is 0 Å². The third kappa shape index (κ3) is 23.7. The van der Waals surface area contributed by atoms with Crippen molar-refractivity contribution in [3.8, 4) is 0 Å². The van der Waals surface area contributed by atoms with Gasteiger partial charge in [0, 0.05) is 0 Å². The zero-order valence-corrected chi connectivity index (χ0v) is 18.0. The van der Waals surface area contributed by atoms with Crippen LogP contribution < -0.4 is 0 Å². The van der Waals surface area contributed by atoms with Gasteiger partial charge in [0.2, 0.25) is 0 Å². The molecular weight excluding hydrogens is 300 g/mol. The lowest BCUT2D eigenvalue weighted by atomic mass is 10.0. The summed E-state index contributed by atoms with van der Waals surface area (Å²) in [6.45, 7) is 4.57. The molecule has 0 amide bonds. The monoisotopic (exact) mass is 350 g/mol. The largest absolute Gasteiger partial charge is 0.0885 e. The summed E-state index contributed by atoms with van der Waals surface area (Å²) in [4.78, 5) is 0. The fourth-order valence-electron chi connectivity index (χ4n) is 3.54. The van der Waals surface area contributed by atoms with E-state index in [0.717, 1.165) is 0 Å². The summed E-state index contributed by atoms with van der Waals surface area (Å²) in [5, 5.41) is 0. The van der Waals surface area contributed by atoms with Crippen molar-refractivity contribution in [2.75, 3.05) is 0 Å². The van der Waals surface area contributed by atoms with Crippen LogP contribution in [0.4, 0.5) is 0 Å². The van der Waals surface area contributed by atoms with Crippen LogP contribution in [0.25, 0.3) is 0 Å². The van der Waals surface area contributed by atoms with Crippen LogP contribution in [0.15, 0.2) is 12.2 Å². The van der Waals surface area contributed by atoms with Crippen LogP contribution in [-0.2, 0) is 0 Å². The summed E-state index contributed by atoms with van der Waals surface area (Å²) in [5.41, 5.74) is 0. The maximum atomic E-state index is 2.40. The first-order valence-electron chi connectivity index (χ1n) is 12.1. The number of rotatable bonds is 21. The molecule has 0 fully saturated rings. The second-order valence-electron chi connectivity index (χ2n) is 8.06. The Morgan fingerprint density at radius 3 is 0.960 bits per heavy atom. The van der Waals surface area contributed by atoms with Gasteiger partial charge in [-0.25, -0.2) is 0 Å². The van der Waals surface area contributed by atoms with Crippen LogP contribution in [0.1, 0.15) is 149 Å². The van der Waals surface area contributed by atoms with E-state index in [1.54, 1.807) is 0 Å². The molecule has 0 radical (unpaired) electrons. The van der Waals surface area contributed by atoms with Crippen LogP contribution in [0.5, 0.6) is 0 Å². The molecule has 0 nitrogen and oxygen atoms in total. The van der Waals surface area contributed by atoms with Crippen molar-refractivity contribution in [2.45, 2.75) is 149 Å². The maximum absolute atomic E-state index is 2.40. The number of unbranched alkanes of at least 4 members (excludes halogenated alkanes) is 19. The predicted molar refractivity (Wildman–Crippen MR) is 117 cm³/mol. The van der Waals surface area contributed by atoms with Gasteiger partial charge in [-0.3, -0.25) is 0 Å². The summed E-state index contributed by atoms with van der Waals surface area (Å²) in [6, 6.07) is 0. The molecule has 0 saturated heterocycles. The number of hydrogen-bond acceptors (Lipinski definition) is 0. The number of allylic oxidation sites excluding steroid dienone is 2. The molecular formula is C25H50. The molecule has 0 rings (SSSR count). The van der Waals surface area contributed by atoms with Gasteiger partial charge in [-0.1, -0.05) is 142 Å². The van der Waals surface area contributed by atoms with E-state index in [1.165, 1.54) is 135 Å². The van der Waals surface area contributed by atoms with Gasteiger partial charge in [0.25, 0.3) is 0 Å². The van der Waals surface area contributed by atoms with E-state index in [-0.39, 0.29) is 0 Å². The quantitative estimate of drug-likeness (QED) is 0.143. The SMILES string of the molecule is CCCC/C=C/CCCCCCCCCCCCCCCCCCC. The molecule has 0 spiro atoms. The first kappa shape index (κ1) is 24.7. The standard InChI is InChI=1S/C25H50/c1-3-5-7-9-11-13-15-17-19-21-23-25-24-22-20-18-16-14-12-10-8-6-4-2/h9,11H,3-8,10,12-25H2,1-2H3/b11-9+. The molecule has 25 heavy (non-hydrogen) atoms. The van der Waals surface area contributed by atoms with Crippen LogP contribution in [0, 0.1) is 0 Å². The molecule has 0 aromatic carbocycles. The molecule has 0 bridgehead atoms. The van der Waals surface area contributed by atoms with Crippen LogP contribution in [0.3, 0.4) is 0 Å². The third-order valence-corrected chi connectivity index (χ3v) is 5.37. The minimum atomic E-state index is 1.29. The van der Waals surface area contributed by atoms with Gasteiger partial charge in [-0.05, 0) is 19.3 Å². The smallest absolute Gasteiger partial charge is 0.0351 e. The fraction of sp³-hybridized carbons (Fsp3) is 0.920. The molecule has 0 aromatic heterocycles. The lowest BCUT2D eigenvalue weighted by Crippen LogP contribution is -1.83. The molecule has 0 N–H and O–H groups in total. The van der Waals surface area contributed by atoms with Gasteiger partial charge < -0.3 is 0 Å². The van der Waals surface area contributed by atoms with Crippen molar-refractivity contribution in [3.63, 3.8) is 0 Å². The van der Waals surface area contributed by atoms with E-state index >= 15 is 0 Å². The zero-order valence-electron chi connectivity index (χ0n) is 18.0. The third-order valence-electron chi connectivity index (χ3n) is 5.37. The summed E-state index contributed by atoms with van der Waals surface area (Å²) < 4.78 is 0. The Morgan fingerprint density at radius 2 is 0.600 bits per heavy atom. The second-order valence-corrected chi connectivity index (χ2v) is 8.06. The first-order chi connectivity index (χ1) is 12.4. The Balaban J connectivity index is 2.99. The number of hydrogen-bond donors (Lipinski definition) is 0. The Morgan fingerprint density at radius 1 is 0.320 bits per heavy atom.